The summed E-state index contributed by atoms with van der Waals surface area (Å²) in [6.07, 6.45) is 3.05. The van der Waals surface area contributed by atoms with E-state index in [2.05, 4.69) is 25.7 Å². The molecule has 4 aromatic rings. The van der Waals surface area contributed by atoms with Crippen LogP contribution in [0.25, 0.3) is 16.7 Å². The minimum absolute atomic E-state index is 0.202. The van der Waals surface area contributed by atoms with Gasteiger partial charge in [-0.3, -0.25) is 0 Å². The quantitative estimate of drug-likeness (QED) is 0.223. The second-order valence-electron chi connectivity index (χ2n) is 7.79. The highest BCUT2D eigenvalue weighted by atomic mass is 32.2. The SMILES string of the molecule is CCOC(=O)C1=C(CSc2ncnc3c2cnn3-c2ccc(F)cc2)NC(=O)NC1c1ccccc1. The van der Waals surface area contributed by atoms with Crippen molar-refractivity contribution in [1.29, 1.82) is 0 Å². The summed E-state index contributed by atoms with van der Waals surface area (Å²) in [7, 11) is 0. The van der Waals surface area contributed by atoms with Crippen molar-refractivity contribution < 1.29 is 18.7 Å². The molecule has 2 amide bonds. The van der Waals surface area contributed by atoms with E-state index in [1.165, 1.54) is 30.2 Å². The van der Waals surface area contributed by atoms with Gasteiger partial charge in [-0.1, -0.05) is 42.1 Å². The van der Waals surface area contributed by atoms with E-state index in [0.717, 1.165) is 5.56 Å². The van der Waals surface area contributed by atoms with E-state index in [-0.39, 0.29) is 18.2 Å². The van der Waals surface area contributed by atoms with Gasteiger partial charge in [0.25, 0.3) is 0 Å². The number of fused-ring (bicyclic) bond motifs is 1. The minimum Gasteiger partial charge on any atom is -0.463 e. The van der Waals surface area contributed by atoms with Crippen LogP contribution >= 0.6 is 11.8 Å². The lowest BCUT2D eigenvalue weighted by molar-refractivity contribution is -0.139. The zero-order valence-corrected chi connectivity index (χ0v) is 20.0. The molecule has 2 aromatic heterocycles. The number of amides is 2. The van der Waals surface area contributed by atoms with E-state index < -0.39 is 18.0 Å². The van der Waals surface area contributed by atoms with E-state index in [1.54, 1.807) is 29.9 Å². The average molecular weight is 505 g/mol. The average Bonchev–Trinajstić information content (AvgIpc) is 3.33. The number of thioether (sulfide) groups is 1. The molecule has 182 valence electrons. The number of rotatable bonds is 7. The number of carbonyl (C=O) groups is 2. The fraction of sp³-hybridized carbons (Fsp3) is 0.160. The number of hydrogen-bond donors (Lipinski definition) is 2. The molecule has 0 bridgehead atoms. The molecule has 36 heavy (non-hydrogen) atoms. The van der Waals surface area contributed by atoms with Crippen LogP contribution in [0.2, 0.25) is 0 Å². The van der Waals surface area contributed by atoms with Crippen molar-refractivity contribution in [3.05, 3.63) is 89.8 Å². The summed E-state index contributed by atoms with van der Waals surface area (Å²) >= 11 is 1.33. The van der Waals surface area contributed by atoms with Crippen LogP contribution in [0.3, 0.4) is 0 Å². The summed E-state index contributed by atoms with van der Waals surface area (Å²) in [4.78, 5) is 34.2. The Morgan fingerprint density at radius 2 is 1.92 bits per heavy atom. The molecule has 1 unspecified atom stereocenters. The fourth-order valence-corrected chi connectivity index (χ4v) is 4.86. The summed E-state index contributed by atoms with van der Waals surface area (Å²) in [5, 5.41) is 11.3. The Kier molecular flexibility index (Phi) is 6.63. The summed E-state index contributed by atoms with van der Waals surface area (Å²) < 4.78 is 20.3. The van der Waals surface area contributed by atoms with E-state index in [9.17, 15) is 14.0 Å². The van der Waals surface area contributed by atoms with E-state index in [1.807, 2.05) is 30.3 Å². The number of benzene rings is 2. The van der Waals surface area contributed by atoms with Crippen LogP contribution in [0, 0.1) is 5.82 Å². The molecule has 11 heteroatoms. The number of hydrogen-bond acceptors (Lipinski definition) is 7. The summed E-state index contributed by atoms with van der Waals surface area (Å²) in [6.45, 7) is 1.93. The number of ether oxygens (including phenoxy) is 1. The van der Waals surface area contributed by atoms with Crippen molar-refractivity contribution in [2.24, 2.45) is 0 Å². The zero-order valence-electron chi connectivity index (χ0n) is 19.1. The Labute approximate surface area is 209 Å². The van der Waals surface area contributed by atoms with Crippen molar-refractivity contribution in [2.75, 3.05) is 12.4 Å². The molecule has 1 aliphatic heterocycles. The normalized spacial score (nSPS) is 15.5. The van der Waals surface area contributed by atoms with E-state index >= 15 is 0 Å². The molecule has 0 spiro atoms. The first-order valence-corrected chi connectivity index (χ1v) is 12.1. The lowest BCUT2D eigenvalue weighted by Gasteiger charge is -2.29. The first kappa shape index (κ1) is 23.5. The maximum atomic E-state index is 13.4. The molecule has 0 radical (unpaired) electrons. The van der Waals surface area contributed by atoms with Gasteiger partial charge in [0, 0.05) is 11.4 Å². The third-order valence-electron chi connectivity index (χ3n) is 5.54. The number of urea groups is 1. The van der Waals surface area contributed by atoms with Crippen molar-refractivity contribution >= 4 is 34.8 Å². The zero-order chi connectivity index (χ0) is 25.1. The predicted octanol–water partition coefficient (Wildman–Crippen LogP) is 3.92. The first-order chi connectivity index (χ1) is 17.5. The lowest BCUT2D eigenvalue weighted by Crippen LogP contribution is -2.46. The van der Waals surface area contributed by atoms with E-state index in [4.69, 9.17) is 4.74 Å². The molecule has 0 saturated carbocycles. The Balaban J connectivity index is 1.49. The monoisotopic (exact) mass is 504 g/mol. The number of halogens is 1. The standard InChI is InChI=1S/C25H21FN6O3S/c1-2-35-24(33)20-19(30-25(34)31-21(20)15-6-4-3-5-7-15)13-36-23-18-12-29-32(22(18)27-14-28-23)17-10-8-16(26)9-11-17/h3-12,14,21H,2,13H2,1H3,(H2,30,31,34). The Morgan fingerprint density at radius 1 is 1.14 bits per heavy atom. The molecule has 9 nitrogen and oxygen atoms in total. The van der Waals surface area contributed by atoms with Gasteiger partial charge >= 0.3 is 12.0 Å². The largest absolute Gasteiger partial charge is 0.463 e. The maximum absolute atomic E-state index is 13.4. The number of aromatic nitrogens is 4. The Bertz CT molecular complexity index is 1460. The Hall–Kier alpha value is -4.25. The molecule has 1 atom stereocenters. The molecule has 5 rings (SSSR count). The molecule has 2 N–H and O–H groups in total. The van der Waals surface area contributed by atoms with Crippen LogP contribution in [0.15, 0.2) is 83.4 Å². The molecular weight excluding hydrogens is 483 g/mol. The maximum Gasteiger partial charge on any atom is 0.338 e. The topological polar surface area (TPSA) is 111 Å². The summed E-state index contributed by atoms with van der Waals surface area (Å²) in [5.74, 6) is -0.602. The van der Waals surface area contributed by atoms with Crippen LogP contribution in [0.1, 0.15) is 18.5 Å². The van der Waals surface area contributed by atoms with Gasteiger partial charge < -0.3 is 15.4 Å². The fourth-order valence-electron chi connectivity index (χ4n) is 3.93. The summed E-state index contributed by atoms with van der Waals surface area (Å²) in [6, 6.07) is 14.1. The van der Waals surface area contributed by atoms with Crippen LogP contribution in [-0.4, -0.2) is 44.1 Å². The van der Waals surface area contributed by atoms with Crippen molar-refractivity contribution in [3.63, 3.8) is 0 Å². The van der Waals surface area contributed by atoms with Crippen LogP contribution < -0.4 is 10.6 Å². The van der Waals surface area contributed by atoms with Gasteiger partial charge in [-0.05, 0) is 36.8 Å². The number of nitrogens with zero attached hydrogens (tertiary/aromatic N) is 4. The van der Waals surface area contributed by atoms with Gasteiger partial charge in [-0.2, -0.15) is 5.10 Å². The number of esters is 1. The van der Waals surface area contributed by atoms with Crippen molar-refractivity contribution in [1.82, 2.24) is 30.4 Å². The highest BCUT2D eigenvalue weighted by Crippen LogP contribution is 2.32. The molecule has 1 aliphatic rings. The highest BCUT2D eigenvalue weighted by molar-refractivity contribution is 7.99. The van der Waals surface area contributed by atoms with Gasteiger partial charge in [0.15, 0.2) is 5.65 Å². The molecule has 0 fully saturated rings. The van der Waals surface area contributed by atoms with E-state index in [0.29, 0.717) is 33.0 Å². The van der Waals surface area contributed by atoms with Crippen LogP contribution in [0.4, 0.5) is 9.18 Å². The molecule has 2 aromatic carbocycles. The van der Waals surface area contributed by atoms with Gasteiger partial charge in [0.2, 0.25) is 0 Å². The van der Waals surface area contributed by atoms with Crippen LogP contribution in [0.5, 0.6) is 0 Å². The smallest absolute Gasteiger partial charge is 0.338 e. The Morgan fingerprint density at radius 3 is 2.67 bits per heavy atom. The second kappa shape index (κ2) is 10.2. The molecular formula is C25H21FN6O3S. The first-order valence-electron chi connectivity index (χ1n) is 11.1. The summed E-state index contributed by atoms with van der Waals surface area (Å²) in [5.41, 5.74) is 2.75. The van der Waals surface area contributed by atoms with Crippen molar-refractivity contribution in [2.45, 2.75) is 18.0 Å². The van der Waals surface area contributed by atoms with Crippen LogP contribution in [-0.2, 0) is 9.53 Å². The van der Waals surface area contributed by atoms with Gasteiger partial charge in [0.05, 0.1) is 35.5 Å². The molecule has 3 heterocycles. The van der Waals surface area contributed by atoms with Gasteiger partial charge in [-0.25, -0.2) is 28.6 Å². The third kappa shape index (κ3) is 4.65. The molecule has 0 saturated heterocycles. The lowest BCUT2D eigenvalue weighted by atomic mass is 9.95. The third-order valence-corrected chi connectivity index (χ3v) is 6.57. The number of nitrogens with one attached hydrogen (secondary N) is 2. The number of carbonyl (C=O) groups excluding carboxylic acids is 2. The predicted molar refractivity (Wildman–Crippen MR) is 132 cm³/mol. The van der Waals surface area contributed by atoms with Gasteiger partial charge in [0.1, 0.15) is 17.2 Å². The second-order valence-corrected chi connectivity index (χ2v) is 8.76. The molecule has 0 aliphatic carbocycles. The van der Waals surface area contributed by atoms with Crippen molar-refractivity contribution in [3.8, 4) is 5.69 Å². The van der Waals surface area contributed by atoms with Gasteiger partial charge in [-0.15, -0.1) is 0 Å². The highest BCUT2D eigenvalue weighted by Gasteiger charge is 2.33. The minimum atomic E-state index is -0.652.